The van der Waals surface area contributed by atoms with E-state index in [0.717, 1.165) is 18.5 Å². The lowest BCUT2D eigenvalue weighted by atomic mass is 9.96. The second-order valence-corrected chi connectivity index (χ2v) is 8.23. The number of hydrogen-bond donors (Lipinski definition) is 2. The molecule has 2 aromatic carbocycles. The molecule has 1 saturated heterocycles. The minimum absolute atomic E-state index is 0.0842. The molecule has 1 atom stereocenters. The number of aromatic nitrogens is 2. The van der Waals surface area contributed by atoms with Crippen molar-refractivity contribution in [3.63, 3.8) is 0 Å². The van der Waals surface area contributed by atoms with Crippen molar-refractivity contribution in [2.24, 2.45) is 5.92 Å². The Balaban J connectivity index is 1.53. The van der Waals surface area contributed by atoms with Gasteiger partial charge in [0.05, 0.1) is 16.8 Å². The van der Waals surface area contributed by atoms with Crippen LogP contribution in [0.3, 0.4) is 0 Å². The first-order valence-electron chi connectivity index (χ1n) is 10.5. The Bertz CT molecular complexity index is 1300. The van der Waals surface area contributed by atoms with Gasteiger partial charge in [0.1, 0.15) is 0 Å². The van der Waals surface area contributed by atoms with E-state index in [1.54, 1.807) is 29.2 Å². The third kappa shape index (κ3) is 4.40. The van der Waals surface area contributed by atoms with Crippen molar-refractivity contribution in [3.05, 3.63) is 81.9 Å². The molecule has 1 unspecified atom stereocenters. The molecule has 0 saturated carbocycles. The molecular formula is C24H24N4O3S. The molecule has 4 rings (SSSR count). The number of fused-ring (bicyclic) bond motifs is 1. The molecule has 0 bridgehead atoms. The van der Waals surface area contributed by atoms with E-state index >= 15 is 0 Å². The zero-order chi connectivity index (χ0) is 22.7. The molecule has 1 aromatic heterocycles. The first-order valence-corrected chi connectivity index (χ1v) is 10.9. The molecule has 2 amide bonds. The molecule has 3 aromatic rings. The summed E-state index contributed by atoms with van der Waals surface area (Å²) >= 11 is 5.28. The standard InChI is InChI=1S/C24H24N4O3S/c1-2-12-28-23(31)19-11-10-16(14-20(19)26-24(28)32)22(30)27-13-6-7-17(15-27)21(29)25-18-8-4-3-5-9-18/h2-5,8-11,14,17H,1,6-7,12-13,15H2,(H,25,29)(H,26,32). The molecule has 164 valence electrons. The highest BCUT2D eigenvalue weighted by Gasteiger charge is 2.29. The van der Waals surface area contributed by atoms with Crippen LogP contribution in [0, 0.1) is 10.7 Å². The minimum atomic E-state index is -0.273. The molecule has 8 heteroatoms. The normalized spacial score (nSPS) is 16.0. The smallest absolute Gasteiger partial charge is 0.262 e. The summed E-state index contributed by atoms with van der Waals surface area (Å²) in [7, 11) is 0. The quantitative estimate of drug-likeness (QED) is 0.460. The van der Waals surface area contributed by atoms with Crippen molar-refractivity contribution in [2.45, 2.75) is 19.4 Å². The zero-order valence-corrected chi connectivity index (χ0v) is 18.4. The minimum Gasteiger partial charge on any atom is -0.338 e. The number of piperidine rings is 1. The fourth-order valence-corrected chi connectivity index (χ4v) is 4.27. The van der Waals surface area contributed by atoms with Gasteiger partial charge in [-0.2, -0.15) is 0 Å². The average Bonchev–Trinajstić information content (AvgIpc) is 2.81. The molecule has 0 aliphatic carbocycles. The van der Waals surface area contributed by atoms with Gasteiger partial charge >= 0.3 is 0 Å². The van der Waals surface area contributed by atoms with Crippen molar-refractivity contribution in [2.75, 3.05) is 18.4 Å². The Kier molecular flexibility index (Phi) is 6.32. The number of nitrogens with zero attached hydrogens (tertiary/aromatic N) is 2. The van der Waals surface area contributed by atoms with Gasteiger partial charge in [0.15, 0.2) is 4.77 Å². The fraction of sp³-hybridized carbons (Fsp3) is 0.250. The highest BCUT2D eigenvalue weighted by molar-refractivity contribution is 7.71. The number of carbonyl (C=O) groups is 2. The van der Waals surface area contributed by atoms with Gasteiger partial charge in [-0.15, -0.1) is 6.58 Å². The summed E-state index contributed by atoms with van der Waals surface area (Å²) in [5, 5.41) is 3.38. The number of amides is 2. The lowest BCUT2D eigenvalue weighted by Gasteiger charge is -2.32. The zero-order valence-electron chi connectivity index (χ0n) is 17.5. The Morgan fingerprint density at radius 2 is 2.00 bits per heavy atom. The van der Waals surface area contributed by atoms with Crippen molar-refractivity contribution in [1.82, 2.24) is 14.5 Å². The maximum atomic E-state index is 13.2. The van der Waals surface area contributed by atoms with Crippen LogP contribution in [0.15, 0.2) is 66.0 Å². The average molecular weight is 449 g/mol. The number of H-pyrrole nitrogens is 1. The van der Waals surface area contributed by atoms with Crippen LogP contribution in [-0.4, -0.2) is 39.4 Å². The van der Waals surface area contributed by atoms with E-state index in [-0.39, 0.29) is 28.1 Å². The second-order valence-electron chi connectivity index (χ2n) is 7.84. The molecule has 0 spiro atoms. The van der Waals surface area contributed by atoms with Crippen molar-refractivity contribution >= 4 is 40.6 Å². The Hall–Kier alpha value is -3.52. The fourth-order valence-electron chi connectivity index (χ4n) is 4.01. The van der Waals surface area contributed by atoms with Crippen LogP contribution in [0.2, 0.25) is 0 Å². The highest BCUT2D eigenvalue weighted by Crippen LogP contribution is 2.21. The van der Waals surface area contributed by atoms with E-state index in [1.807, 2.05) is 30.3 Å². The lowest BCUT2D eigenvalue weighted by Crippen LogP contribution is -2.43. The Labute approximate surface area is 190 Å². The monoisotopic (exact) mass is 448 g/mol. The first kappa shape index (κ1) is 21.7. The summed E-state index contributed by atoms with van der Waals surface area (Å²) in [4.78, 5) is 43.3. The van der Waals surface area contributed by atoms with Crippen LogP contribution in [0.1, 0.15) is 23.2 Å². The maximum absolute atomic E-state index is 13.2. The molecule has 2 heterocycles. The van der Waals surface area contributed by atoms with Crippen molar-refractivity contribution < 1.29 is 9.59 Å². The van der Waals surface area contributed by atoms with E-state index in [4.69, 9.17) is 12.2 Å². The van der Waals surface area contributed by atoms with Crippen LogP contribution >= 0.6 is 12.2 Å². The molecule has 1 aliphatic heterocycles. The van der Waals surface area contributed by atoms with Gasteiger partial charge in [0.2, 0.25) is 5.91 Å². The van der Waals surface area contributed by atoms with E-state index in [0.29, 0.717) is 36.1 Å². The van der Waals surface area contributed by atoms with Crippen LogP contribution in [0.4, 0.5) is 5.69 Å². The largest absolute Gasteiger partial charge is 0.338 e. The molecule has 1 fully saturated rings. The third-order valence-electron chi connectivity index (χ3n) is 5.66. The number of para-hydroxylation sites is 1. The number of anilines is 1. The van der Waals surface area contributed by atoms with Crippen LogP contribution in [0.25, 0.3) is 10.9 Å². The van der Waals surface area contributed by atoms with E-state index in [2.05, 4.69) is 16.9 Å². The predicted molar refractivity (Wildman–Crippen MR) is 127 cm³/mol. The molecule has 7 nitrogen and oxygen atoms in total. The summed E-state index contributed by atoms with van der Waals surface area (Å²) in [5.41, 5.74) is 1.49. The number of aromatic amines is 1. The summed E-state index contributed by atoms with van der Waals surface area (Å²) < 4.78 is 1.70. The van der Waals surface area contributed by atoms with Crippen LogP contribution in [0.5, 0.6) is 0 Å². The molecule has 0 radical (unpaired) electrons. The number of benzene rings is 2. The van der Waals surface area contributed by atoms with Gasteiger partial charge in [-0.1, -0.05) is 24.3 Å². The van der Waals surface area contributed by atoms with Crippen molar-refractivity contribution in [3.8, 4) is 0 Å². The number of allylic oxidation sites excluding steroid dienone is 1. The number of rotatable bonds is 5. The van der Waals surface area contributed by atoms with Crippen molar-refractivity contribution in [1.29, 1.82) is 0 Å². The first-order chi connectivity index (χ1) is 15.5. The van der Waals surface area contributed by atoms with Gasteiger partial charge in [0.25, 0.3) is 11.5 Å². The molecular weight excluding hydrogens is 424 g/mol. The second kappa shape index (κ2) is 9.32. The third-order valence-corrected chi connectivity index (χ3v) is 5.98. The highest BCUT2D eigenvalue weighted by atomic mass is 32.1. The SMILES string of the molecule is C=CCn1c(=S)[nH]c2cc(C(=O)N3CCCC(C(=O)Nc4ccccc4)C3)ccc2c1=O. The Morgan fingerprint density at radius 1 is 1.22 bits per heavy atom. The van der Waals surface area contributed by atoms with Gasteiger partial charge < -0.3 is 15.2 Å². The number of hydrogen-bond acceptors (Lipinski definition) is 4. The number of nitrogens with one attached hydrogen (secondary N) is 2. The van der Waals surface area contributed by atoms with E-state index in [9.17, 15) is 14.4 Å². The molecule has 32 heavy (non-hydrogen) atoms. The van der Waals surface area contributed by atoms with Gasteiger partial charge in [-0.25, -0.2) is 0 Å². The van der Waals surface area contributed by atoms with E-state index in [1.165, 1.54) is 4.57 Å². The molecule has 2 N–H and O–H groups in total. The molecule has 1 aliphatic rings. The topological polar surface area (TPSA) is 87.2 Å². The number of likely N-dealkylation sites (tertiary alicyclic amines) is 1. The maximum Gasteiger partial charge on any atom is 0.262 e. The van der Waals surface area contributed by atoms with Gasteiger partial charge in [0, 0.05) is 30.9 Å². The summed E-state index contributed by atoms with van der Waals surface area (Å²) in [6.07, 6.45) is 3.09. The van der Waals surface area contributed by atoms with Crippen LogP contribution < -0.4 is 10.9 Å². The van der Waals surface area contributed by atoms with E-state index < -0.39 is 0 Å². The van der Waals surface area contributed by atoms with Gasteiger partial charge in [-0.3, -0.25) is 19.0 Å². The predicted octanol–water partition coefficient (Wildman–Crippen LogP) is 3.74. The number of carbonyl (C=O) groups excluding carboxylic acids is 2. The summed E-state index contributed by atoms with van der Waals surface area (Å²) in [6, 6.07) is 14.2. The van der Waals surface area contributed by atoms with Crippen LogP contribution in [-0.2, 0) is 11.3 Å². The lowest BCUT2D eigenvalue weighted by molar-refractivity contribution is -0.121. The Morgan fingerprint density at radius 3 is 2.75 bits per heavy atom. The van der Waals surface area contributed by atoms with Gasteiger partial charge in [-0.05, 0) is 55.4 Å². The summed E-state index contributed by atoms with van der Waals surface area (Å²) in [6.45, 7) is 4.90. The summed E-state index contributed by atoms with van der Waals surface area (Å²) in [5.74, 6) is -0.525.